The Kier molecular flexibility index (Phi) is 6.10. The number of piperazine rings is 1. The minimum absolute atomic E-state index is 0.0493. The summed E-state index contributed by atoms with van der Waals surface area (Å²) in [6.45, 7) is 11.0. The Bertz CT molecular complexity index is 551. The number of aromatic nitrogens is 1. The van der Waals surface area contributed by atoms with Crippen LogP contribution in [0.2, 0.25) is 0 Å². The van der Waals surface area contributed by atoms with Gasteiger partial charge >= 0.3 is 0 Å². The molecule has 2 amide bonds. The Labute approximate surface area is 137 Å². The summed E-state index contributed by atoms with van der Waals surface area (Å²) in [4.78, 5) is 32.9. The van der Waals surface area contributed by atoms with Gasteiger partial charge in [0.05, 0.1) is 11.1 Å². The third-order valence-corrected chi connectivity index (χ3v) is 4.02. The van der Waals surface area contributed by atoms with Crippen LogP contribution in [0.3, 0.4) is 0 Å². The fourth-order valence-electron chi connectivity index (χ4n) is 2.53. The maximum atomic E-state index is 12.6. The van der Waals surface area contributed by atoms with Crippen LogP contribution in [0.25, 0.3) is 0 Å². The maximum Gasteiger partial charge on any atom is 0.255 e. The summed E-state index contributed by atoms with van der Waals surface area (Å²) in [6.07, 6.45) is 3.04. The highest BCUT2D eigenvalue weighted by molar-refractivity contribution is 5.99. The summed E-state index contributed by atoms with van der Waals surface area (Å²) in [5, 5.41) is 2.85. The molecule has 0 radical (unpaired) electrons. The smallest absolute Gasteiger partial charge is 0.255 e. The molecule has 2 rings (SSSR count). The highest BCUT2D eigenvalue weighted by Crippen LogP contribution is 2.10. The zero-order chi connectivity index (χ0) is 16.8. The Hall–Kier alpha value is -1.95. The number of hydrogen-bond acceptors (Lipinski definition) is 4. The van der Waals surface area contributed by atoms with Crippen molar-refractivity contribution in [2.45, 2.75) is 20.8 Å². The maximum absolute atomic E-state index is 12.6. The molecule has 0 spiro atoms. The largest absolute Gasteiger partial charge is 0.352 e. The van der Waals surface area contributed by atoms with Crippen molar-refractivity contribution in [3.05, 3.63) is 29.6 Å². The van der Waals surface area contributed by atoms with Crippen LogP contribution < -0.4 is 5.32 Å². The van der Waals surface area contributed by atoms with Gasteiger partial charge in [-0.15, -0.1) is 0 Å². The lowest BCUT2D eigenvalue weighted by atomic mass is 10.1. The van der Waals surface area contributed by atoms with E-state index in [2.05, 4.69) is 22.1 Å². The van der Waals surface area contributed by atoms with Crippen LogP contribution in [0.4, 0.5) is 0 Å². The molecule has 23 heavy (non-hydrogen) atoms. The van der Waals surface area contributed by atoms with E-state index < -0.39 is 0 Å². The van der Waals surface area contributed by atoms with Crippen molar-refractivity contribution >= 4 is 11.8 Å². The minimum Gasteiger partial charge on any atom is -0.352 e. The van der Waals surface area contributed by atoms with Gasteiger partial charge in [0.2, 0.25) is 0 Å². The summed E-state index contributed by atoms with van der Waals surface area (Å²) in [5.41, 5.74) is 0.913. The molecule has 1 aromatic heterocycles. The summed E-state index contributed by atoms with van der Waals surface area (Å²) in [5.74, 6) is 0.148. The summed E-state index contributed by atoms with van der Waals surface area (Å²) in [6, 6.07) is 1.64. The average molecular weight is 318 g/mol. The fraction of sp³-hybridized carbons (Fsp3) is 0.588. The third kappa shape index (κ3) is 4.76. The molecule has 1 N–H and O–H groups in total. The number of carbonyl (C=O) groups is 2. The van der Waals surface area contributed by atoms with Crippen LogP contribution in [0, 0.1) is 5.92 Å². The van der Waals surface area contributed by atoms with Gasteiger partial charge in [0, 0.05) is 45.1 Å². The van der Waals surface area contributed by atoms with Gasteiger partial charge in [0.1, 0.15) is 0 Å². The minimum atomic E-state index is -0.184. The number of rotatable bonds is 5. The van der Waals surface area contributed by atoms with E-state index in [0.29, 0.717) is 23.6 Å². The molecule has 0 aliphatic carbocycles. The molecular formula is C17H26N4O2. The first-order chi connectivity index (χ1) is 11.0. The number of carbonyl (C=O) groups excluding carboxylic acids is 2. The summed E-state index contributed by atoms with van der Waals surface area (Å²) >= 11 is 0. The highest BCUT2D eigenvalue weighted by Gasteiger charge is 2.22. The van der Waals surface area contributed by atoms with Crippen LogP contribution >= 0.6 is 0 Å². The molecule has 1 aromatic rings. The van der Waals surface area contributed by atoms with Crippen molar-refractivity contribution in [1.82, 2.24) is 20.1 Å². The summed E-state index contributed by atoms with van der Waals surface area (Å²) < 4.78 is 0. The van der Waals surface area contributed by atoms with Gasteiger partial charge in [-0.1, -0.05) is 20.8 Å². The predicted molar refractivity (Wildman–Crippen MR) is 89.4 cm³/mol. The number of nitrogens with zero attached hydrogens (tertiary/aromatic N) is 3. The highest BCUT2D eigenvalue weighted by atomic mass is 16.2. The molecule has 1 saturated heterocycles. The molecule has 2 heterocycles. The van der Waals surface area contributed by atoms with Crippen molar-refractivity contribution in [1.29, 1.82) is 0 Å². The number of nitrogens with one attached hydrogen (secondary N) is 1. The standard InChI is InChI=1S/C17H26N4O2/c1-4-20-5-7-21(8-6-20)17(23)15-9-14(11-18-12-15)16(22)19-10-13(2)3/h9,11-13H,4-8,10H2,1-3H3,(H,19,22). The van der Waals surface area contributed by atoms with E-state index >= 15 is 0 Å². The molecule has 6 nitrogen and oxygen atoms in total. The summed E-state index contributed by atoms with van der Waals surface area (Å²) in [7, 11) is 0. The van der Waals surface area contributed by atoms with Gasteiger partial charge in [-0.3, -0.25) is 14.6 Å². The second-order valence-electron chi connectivity index (χ2n) is 6.29. The molecule has 0 atom stereocenters. The zero-order valence-electron chi connectivity index (χ0n) is 14.2. The van der Waals surface area contributed by atoms with Crippen LogP contribution in [0.1, 0.15) is 41.5 Å². The molecule has 1 aliphatic rings. The lowest BCUT2D eigenvalue weighted by molar-refractivity contribution is 0.0643. The Morgan fingerprint density at radius 2 is 1.83 bits per heavy atom. The van der Waals surface area contributed by atoms with Gasteiger partial charge in [-0.05, 0) is 18.5 Å². The van der Waals surface area contributed by atoms with Crippen molar-refractivity contribution in [2.24, 2.45) is 5.92 Å². The number of pyridine rings is 1. The van der Waals surface area contributed by atoms with E-state index in [4.69, 9.17) is 0 Å². The van der Waals surface area contributed by atoms with E-state index in [1.54, 1.807) is 6.07 Å². The van der Waals surface area contributed by atoms with Gasteiger partial charge in [-0.25, -0.2) is 0 Å². The van der Waals surface area contributed by atoms with Crippen molar-refractivity contribution in [3.8, 4) is 0 Å². The van der Waals surface area contributed by atoms with Crippen molar-refractivity contribution in [3.63, 3.8) is 0 Å². The van der Waals surface area contributed by atoms with Crippen molar-refractivity contribution in [2.75, 3.05) is 39.3 Å². The first-order valence-electron chi connectivity index (χ1n) is 8.26. The quantitative estimate of drug-likeness (QED) is 0.887. The van der Waals surface area contributed by atoms with Crippen LogP contribution in [0.15, 0.2) is 18.5 Å². The Morgan fingerprint density at radius 3 is 2.43 bits per heavy atom. The molecule has 126 valence electrons. The van der Waals surface area contributed by atoms with Gasteiger partial charge in [0.25, 0.3) is 11.8 Å². The van der Waals surface area contributed by atoms with E-state index in [1.165, 1.54) is 12.4 Å². The second kappa shape index (κ2) is 8.06. The van der Waals surface area contributed by atoms with Crippen LogP contribution in [0.5, 0.6) is 0 Å². The predicted octanol–water partition coefficient (Wildman–Crippen LogP) is 1.25. The average Bonchev–Trinajstić information content (AvgIpc) is 2.59. The van der Waals surface area contributed by atoms with E-state index in [-0.39, 0.29) is 11.8 Å². The zero-order valence-corrected chi connectivity index (χ0v) is 14.2. The van der Waals surface area contributed by atoms with Crippen LogP contribution in [-0.4, -0.2) is 65.9 Å². The Balaban J connectivity index is 2.01. The van der Waals surface area contributed by atoms with Crippen molar-refractivity contribution < 1.29 is 9.59 Å². The fourth-order valence-corrected chi connectivity index (χ4v) is 2.53. The van der Waals surface area contributed by atoms with E-state index in [9.17, 15) is 9.59 Å². The molecule has 1 aliphatic heterocycles. The van der Waals surface area contributed by atoms with E-state index in [0.717, 1.165) is 32.7 Å². The SMILES string of the molecule is CCN1CCN(C(=O)c2cncc(C(=O)NCC(C)C)c2)CC1. The molecule has 0 bridgehead atoms. The normalized spacial score (nSPS) is 15.7. The Morgan fingerprint density at radius 1 is 1.17 bits per heavy atom. The molecule has 0 saturated carbocycles. The molecule has 6 heteroatoms. The molecule has 0 aromatic carbocycles. The molecule has 1 fully saturated rings. The van der Waals surface area contributed by atoms with Gasteiger partial charge in [-0.2, -0.15) is 0 Å². The lowest BCUT2D eigenvalue weighted by Gasteiger charge is -2.34. The van der Waals surface area contributed by atoms with Crippen LogP contribution in [-0.2, 0) is 0 Å². The monoisotopic (exact) mass is 318 g/mol. The lowest BCUT2D eigenvalue weighted by Crippen LogP contribution is -2.48. The topological polar surface area (TPSA) is 65.5 Å². The number of hydrogen-bond donors (Lipinski definition) is 1. The molecule has 0 unspecified atom stereocenters. The third-order valence-electron chi connectivity index (χ3n) is 4.02. The van der Waals surface area contributed by atoms with E-state index in [1.807, 2.05) is 18.7 Å². The number of likely N-dealkylation sites (N-methyl/N-ethyl adjacent to an activating group) is 1. The first kappa shape index (κ1) is 17.4. The second-order valence-corrected chi connectivity index (χ2v) is 6.29. The first-order valence-corrected chi connectivity index (χ1v) is 8.26. The van der Waals surface area contributed by atoms with Gasteiger partial charge in [0.15, 0.2) is 0 Å². The number of amides is 2. The molecular weight excluding hydrogens is 292 g/mol. The van der Waals surface area contributed by atoms with Gasteiger partial charge < -0.3 is 15.1 Å².